The molecule has 206 valence electrons. The summed E-state index contributed by atoms with van der Waals surface area (Å²) in [7, 11) is 1.18. The van der Waals surface area contributed by atoms with Crippen LogP contribution in [0, 0.1) is 0 Å². The van der Waals surface area contributed by atoms with Crippen LogP contribution in [0.25, 0.3) is 0 Å². The molecule has 2 fully saturated rings. The number of piperidine rings is 1. The molecule has 0 aliphatic carbocycles. The third-order valence-corrected chi connectivity index (χ3v) is 6.73. The van der Waals surface area contributed by atoms with Gasteiger partial charge in [-0.1, -0.05) is 12.1 Å². The molecule has 0 radical (unpaired) electrons. The molecule has 0 aromatic heterocycles. The molecule has 2 heterocycles. The van der Waals surface area contributed by atoms with Gasteiger partial charge in [0, 0.05) is 31.6 Å². The number of nitrogens with zero attached hydrogens (tertiary/aromatic N) is 2. The summed E-state index contributed by atoms with van der Waals surface area (Å²) in [5.74, 6) is -1.15. The molecule has 1 aromatic carbocycles. The number of esters is 2. The summed E-state index contributed by atoms with van der Waals surface area (Å²) in [6, 6.07) is 7.59. The van der Waals surface area contributed by atoms with Crippen LogP contribution < -0.4 is 10.5 Å². The van der Waals surface area contributed by atoms with Gasteiger partial charge in [-0.05, 0) is 65.2 Å². The second kappa shape index (κ2) is 11.7. The summed E-state index contributed by atoms with van der Waals surface area (Å²) < 4.78 is 21.5. The fraction of sp³-hybridized carbons (Fsp3) is 0.667. The Bertz CT molecular complexity index is 952. The van der Waals surface area contributed by atoms with E-state index in [2.05, 4.69) is 18.7 Å². The van der Waals surface area contributed by atoms with Gasteiger partial charge in [0.05, 0.1) is 13.7 Å². The highest BCUT2D eigenvalue weighted by Crippen LogP contribution is 2.25. The van der Waals surface area contributed by atoms with Crippen LogP contribution in [0.2, 0.25) is 0 Å². The van der Waals surface area contributed by atoms with Gasteiger partial charge in [0.1, 0.15) is 18.0 Å². The molecule has 1 aromatic rings. The highest BCUT2D eigenvalue weighted by molar-refractivity contribution is 6.05. The third kappa shape index (κ3) is 7.35. The van der Waals surface area contributed by atoms with Crippen LogP contribution in [-0.2, 0) is 30.2 Å². The van der Waals surface area contributed by atoms with Crippen molar-refractivity contribution in [1.82, 2.24) is 9.80 Å². The van der Waals surface area contributed by atoms with E-state index in [-0.39, 0.29) is 31.3 Å². The van der Waals surface area contributed by atoms with Gasteiger partial charge in [0.2, 0.25) is 5.54 Å². The lowest BCUT2D eigenvalue weighted by molar-refractivity contribution is -0.170. The maximum atomic E-state index is 12.7. The van der Waals surface area contributed by atoms with E-state index in [9.17, 15) is 14.4 Å². The van der Waals surface area contributed by atoms with Crippen molar-refractivity contribution in [3.05, 3.63) is 29.8 Å². The van der Waals surface area contributed by atoms with Gasteiger partial charge in [-0.2, -0.15) is 0 Å². The first-order valence-electron chi connectivity index (χ1n) is 12.9. The second-order valence-corrected chi connectivity index (χ2v) is 11.1. The number of rotatable bonds is 9. The highest BCUT2D eigenvalue weighted by atomic mass is 16.6. The van der Waals surface area contributed by atoms with Gasteiger partial charge in [-0.15, -0.1) is 0 Å². The van der Waals surface area contributed by atoms with E-state index in [0.29, 0.717) is 23.9 Å². The molecule has 2 aliphatic heterocycles. The maximum absolute atomic E-state index is 12.7. The molecule has 37 heavy (non-hydrogen) atoms. The van der Waals surface area contributed by atoms with E-state index in [4.69, 9.17) is 24.7 Å². The van der Waals surface area contributed by atoms with Gasteiger partial charge in [-0.3, -0.25) is 0 Å². The van der Waals surface area contributed by atoms with Crippen molar-refractivity contribution in [3.8, 4) is 5.75 Å². The van der Waals surface area contributed by atoms with Crippen LogP contribution in [0.15, 0.2) is 24.3 Å². The molecule has 1 amide bonds. The molecule has 0 bridgehead atoms. The lowest BCUT2D eigenvalue weighted by Gasteiger charge is -2.37. The van der Waals surface area contributed by atoms with Crippen molar-refractivity contribution in [3.63, 3.8) is 0 Å². The summed E-state index contributed by atoms with van der Waals surface area (Å²) >= 11 is 0. The molecule has 2 unspecified atom stereocenters. The quantitative estimate of drug-likeness (QED) is 0.298. The molecular weight excluding hydrogens is 478 g/mol. The Kier molecular flexibility index (Phi) is 9.07. The number of likely N-dealkylation sites (tertiary alicyclic amines) is 1. The molecule has 0 saturated carbocycles. The minimum atomic E-state index is -1.97. The molecule has 10 heteroatoms. The number of benzene rings is 1. The minimum Gasteiger partial charge on any atom is -0.490 e. The van der Waals surface area contributed by atoms with E-state index in [1.165, 1.54) is 7.11 Å². The largest absolute Gasteiger partial charge is 0.490 e. The van der Waals surface area contributed by atoms with Crippen LogP contribution in [0.5, 0.6) is 5.75 Å². The second-order valence-electron chi connectivity index (χ2n) is 11.1. The van der Waals surface area contributed by atoms with Gasteiger partial charge in [0.25, 0.3) is 0 Å². The Hall–Kier alpha value is -2.85. The number of amides is 1. The van der Waals surface area contributed by atoms with Crippen molar-refractivity contribution in [2.75, 3.05) is 33.4 Å². The van der Waals surface area contributed by atoms with Gasteiger partial charge in [-0.25, -0.2) is 14.4 Å². The van der Waals surface area contributed by atoms with Crippen molar-refractivity contribution < 1.29 is 33.3 Å². The maximum Gasteiger partial charge on any atom is 0.410 e. The Morgan fingerprint density at radius 3 is 2.27 bits per heavy atom. The smallest absolute Gasteiger partial charge is 0.410 e. The fourth-order valence-electron chi connectivity index (χ4n) is 4.63. The van der Waals surface area contributed by atoms with Gasteiger partial charge >= 0.3 is 18.0 Å². The molecule has 2 saturated heterocycles. The summed E-state index contributed by atoms with van der Waals surface area (Å²) in [4.78, 5) is 41.8. The number of nitrogens with two attached hydrogens (primary N) is 1. The van der Waals surface area contributed by atoms with Crippen molar-refractivity contribution in [1.29, 1.82) is 0 Å². The molecule has 2 atom stereocenters. The van der Waals surface area contributed by atoms with E-state index in [0.717, 1.165) is 25.9 Å². The predicted octanol–water partition coefficient (Wildman–Crippen LogP) is 2.51. The van der Waals surface area contributed by atoms with Crippen molar-refractivity contribution in [2.45, 2.75) is 83.2 Å². The fourth-order valence-corrected chi connectivity index (χ4v) is 4.63. The molecule has 2 aliphatic rings. The summed E-state index contributed by atoms with van der Waals surface area (Å²) in [5, 5.41) is 0. The van der Waals surface area contributed by atoms with Gasteiger partial charge < -0.3 is 34.5 Å². The standard InChI is InChI=1S/C27H41N3O7/c1-18(2)29-13-11-20(12-14-29)30-16-22(36-25(30)33)17-35-21-9-7-19(8-10-21)15-27(28,23(31)34-6)24(32)37-26(3,4)5/h7-10,18,20,22H,11-17,28H2,1-6H3. The SMILES string of the molecule is COC(=O)C(N)(Cc1ccc(OCC2CN(C3CCN(C(C)C)CC3)C(=O)O2)cc1)C(=O)OC(C)(C)C. The number of hydrogen-bond acceptors (Lipinski definition) is 9. The summed E-state index contributed by atoms with van der Waals surface area (Å²) in [6.45, 7) is 12.2. The zero-order chi connectivity index (χ0) is 27.4. The molecule has 10 nitrogen and oxygen atoms in total. The predicted molar refractivity (Wildman–Crippen MR) is 137 cm³/mol. The Labute approximate surface area is 219 Å². The molecule has 0 spiro atoms. The number of ether oxygens (including phenoxy) is 4. The lowest BCUT2D eigenvalue weighted by atomic mass is 9.91. The first kappa shape index (κ1) is 28.7. The normalized spacial score (nSPS) is 20.9. The average Bonchev–Trinajstić information content (AvgIpc) is 3.22. The zero-order valence-corrected chi connectivity index (χ0v) is 22.8. The number of carbonyl (C=O) groups excluding carboxylic acids is 3. The highest BCUT2D eigenvalue weighted by Gasteiger charge is 2.46. The molecule has 2 N–H and O–H groups in total. The summed E-state index contributed by atoms with van der Waals surface area (Å²) in [5.41, 5.74) is 4.04. The monoisotopic (exact) mass is 519 g/mol. The third-order valence-electron chi connectivity index (χ3n) is 6.73. The minimum absolute atomic E-state index is 0.0975. The lowest BCUT2D eigenvalue weighted by Crippen LogP contribution is -2.59. The van der Waals surface area contributed by atoms with Crippen molar-refractivity contribution in [2.24, 2.45) is 5.73 Å². The topological polar surface area (TPSA) is 121 Å². The number of methoxy groups -OCH3 is 1. The van der Waals surface area contributed by atoms with E-state index >= 15 is 0 Å². The molecule has 3 rings (SSSR count). The van der Waals surface area contributed by atoms with E-state index in [1.807, 2.05) is 4.90 Å². The average molecular weight is 520 g/mol. The van der Waals surface area contributed by atoms with Crippen LogP contribution in [0.1, 0.15) is 53.0 Å². The molecular formula is C27H41N3O7. The van der Waals surface area contributed by atoms with E-state index < -0.39 is 23.1 Å². The number of carbonyl (C=O) groups is 3. The Morgan fingerprint density at radius 2 is 1.73 bits per heavy atom. The summed E-state index contributed by atoms with van der Waals surface area (Å²) in [6.07, 6.45) is 1.16. The first-order chi connectivity index (χ1) is 17.3. The van der Waals surface area contributed by atoms with Crippen LogP contribution in [0.3, 0.4) is 0 Å². The Morgan fingerprint density at radius 1 is 1.11 bits per heavy atom. The first-order valence-corrected chi connectivity index (χ1v) is 12.9. The van der Waals surface area contributed by atoms with Gasteiger partial charge in [0.15, 0.2) is 6.10 Å². The number of cyclic esters (lactones) is 1. The van der Waals surface area contributed by atoms with E-state index in [1.54, 1.807) is 45.0 Å². The van der Waals surface area contributed by atoms with Crippen molar-refractivity contribution >= 4 is 18.0 Å². The van der Waals surface area contributed by atoms with Crippen LogP contribution in [-0.4, -0.2) is 90.5 Å². The van der Waals surface area contributed by atoms with Crippen LogP contribution in [0.4, 0.5) is 4.79 Å². The Balaban J connectivity index is 1.54. The van der Waals surface area contributed by atoms with Crippen LogP contribution >= 0.6 is 0 Å². The number of hydrogen-bond donors (Lipinski definition) is 1. The zero-order valence-electron chi connectivity index (χ0n) is 22.8.